The van der Waals surface area contributed by atoms with E-state index in [2.05, 4.69) is 4.98 Å². The first-order valence-corrected chi connectivity index (χ1v) is 3.11. The molecule has 0 amide bonds. The van der Waals surface area contributed by atoms with Crippen LogP contribution in [0.15, 0.2) is 12.3 Å². The summed E-state index contributed by atoms with van der Waals surface area (Å²) in [6.45, 7) is 0. The van der Waals surface area contributed by atoms with Gasteiger partial charge in [-0.05, 0) is 0 Å². The average Bonchev–Trinajstić information content (AvgIpc) is 2.05. The van der Waals surface area contributed by atoms with Crippen LogP contribution in [0.3, 0.4) is 0 Å². The van der Waals surface area contributed by atoms with E-state index < -0.39 is 0 Å². The number of pyridine rings is 1. The van der Waals surface area contributed by atoms with Gasteiger partial charge in [0.25, 0.3) is 0 Å². The van der Waals surface area contributed by atoms with E-state index >= 15 is 0 Å². The SMILES string of the molecule is COc1cc(OC)c(N)cn1.Cl.Cl. The summed E-state index contributed by atoms with van der Waals surface area (Å²) in [6, 6.07) is 1.63. The van der Waals surface area contributed by atoms with Crippen LogP contribution in [0.1, 0.15) is 0 Å². The Hall–Kier alpha value is -0.870. The zero-order valence-corrected chi connectivity index (χ0v) is 8.95. The molecule has 2 N–H and O–H groups in total. The summed E-state index contributed by atoms with van der Waals surface area (Å²) in [4.78, 5) is 3.88. The molecule has 0 aromatic carbocycles. The second-order valence-electron chi connectivity index (χ2n) is 1.97. The van der Waals surface area contributed by atoms with E-state index in [9.17, 15) is 0 Å². The minimum absolute atomic E-state index is 0. The van der Waals surface area contributed by atoms with Gasteiger partial charge in [-0.15, -0.1) is 24.8 Å². The Balaban J connectivity index is 0. The lowest BCUT2D eigenvalue weighted by Crippen LogP contribution is -1.95. The lowest BCUT2D eigenvalue weighted by molar-refractivity contribution is 0.383. The predicted octanol–water partition coefficient (Wildman–Crippen LogP) is 1.52. The molecule has 0 bridgehead atoms. The molecule has 0 spiro atoms. The molecule has 1 heterocycles. The fraction of sp³-hybridized carbons (Fsp3) is 0.286. The predicted molar refractivity (Wildman–Crippen MR) is 56.2 cm³/mol. The molecule has 0 saturated carbocycles. The number of nitrogen functional groups attached to an aromatic ring is 1. The summed E-state index contributed by atoms with van der Waals surface area (Å²) in [6.07, 6.45) is 1.50. The number of nitrogens with two attached hydrogens (primary N) is 1. The van der Waals surface area contributed by atoms with Crippen LogP contribution in [0.25, 0.3) is 0 Å². The van der Waals surface area contributed by atoms with Crippen molar-refractivity contribution >= 4 is 30.5 Å². The number of aromatic nitrogens is 1. The average molecular weight is 227 g/mol. The summed E-state index contributed by atoms with van der Waals surface area (Å²) < 4.78 is 9.81. The number of halogens is 2. The Morgan fingerprint density at radius 2 is 1.85 bits per heavy atom. The minimum atomic E-state index is 0. The molecule has 6 heteroatoms. The van der Waals surface area contributed by atoms with Crippen LogP contribution in [0, 0.1) is 0 Å². The number of rotatable bonds is 2. The molecule has 0 aliphatic heterocycles. The van der Waals surface area contributed by atoms with Crippen LogP contribution in [0.5, 0.6) is 11.6 Å². The maximum absolute atomic E-state index is 5.51. The normalized spacial score (nSPS) is 7.85. The van der Waals surface area contributed by atoms with E-state index in [0.717, 1.165) is 0 Å². The van der Waals surface area contributed by atoms with Gasteiger partial charge < -0.3 is 15.2 Å². The first-order valence-electron chi connectivity index (χ1n) is 3.11. The third-order valence-electron chi connectivity index (χ3n) is 1.30. The van der Waals surface area contributed by atoms with Gasteiger partial charge in [0.05, 0.1) is 26.1 Å². The number of hydrogen-bond donors (Lipinski definition) is 1. The maximum Gasteiger partial charge on any atom is 0.216 e. The van der Waals surface area contributed by atoms with E-state index in [1.807, 2.05) is 0 Å². The summed E-state index contributed by atoms with van der Waals surface area (Å²) in [5, 5.41) is 0. The van der Waals surface area contributed by atoms with E-state index in [0.29, 0.717) is 17.3 Å². The molecule has 13 heavy (non-hydrogen) atoms. The van der Waals surface area contributed by atoms with Crippen LogP contribution >= 0.6 is 24.8 Å². The van der Waals surface area contributed by atoms with Crippen molar-refractivity contribution in [2.24, 2.45) is 0 Å². The molecule has 4 nitrogen and oxygen atoms in total. The van der Waals surface area contributed by atoms with E-state index in [-0.39, 0.29) is 24.8 Å². The van der Waals surface area contributed by atoms with Crippen molar-refractivity contribution in [3.63, 3.8) is 0 Å². The molecule has 0 saturated heterocycles. The zero-order chi connectivity index (χ0) is 8.27. The van der Waals surface area contributed by atoms with Gasteiger partial charge >= 0.3 is 0 Å². The monoisotopic (exact) mass is 226 g/mol. The van der Waals surface area contributed by atoms with Crippen LogP contribution in [-0.4, -0.2) is 19.2 Å². The van der Waals surface area contributed by atoms with E-state index in [1.165, 1.54) is 13.3 Å². The third kappa shape index (κ3) is 3.57. The highest BCUT2D eigenvalue weighted by atomic mass is 35.5. The zero-order valence-electron chi connectivity index (χ0n) is 7.31. The van der Waals surface area contributed by atoms with Crippen molar-refractivity contribution in [1.29, 1.82) is 0 Å². The Bertz CT molecular complexity index is 258. The molecule has 0 aliphatic rings. The minimum Gasteiger partial charge on any atom is -0.494 e. The third-order valence-corrected chi connectivity index (χ3v) is 1.30. The van der Waals surface area contributed by atoms with Crippen molar-refractivity contribution in [2.75, 3.05) is 20.0 Å². The molecule has 0 aliphatic carbocycles. The van der Waals surface area contributed by atoms with E-state index in [4.69, 9.17) is 15.2 Å². The Morgan fingerprint density at radius 1 is 1.23 bits per heavy atom. The lowest BCUT2D eigenvalue weighted by atomic mass is 10.4. The lowest BCUT2D eigenvalue weighted by Gasteiger charge is -2.04. The van der Waals surface area contributed by atoms with Gasteiger partial charge in [-0.25, -0.2) is 4.98 Å². The largest absolute Gasteiger partial charge is 0.494 e. The van der Waals surface area contributed by atoms with Gasteiger partial charge in [0, 0.05) is 6.07 Å². The second kappa shape index (κ2) is 6.62. The highest BCUT2D eigenvalue weighted by Crippen LogP contribution is 2.23. The molecule has 1 rings (SSSR count). The fourth-order valence-electron chi connectivity index (χ4n) is 0.718. The second-order valence-corrected chi connectivity index (χ2v) is 1.97. The van der Waals surface area contributed by atoms with Crippen LogP contribution < -0.4 is 15.2 Å². The Labute approximate surface area is 89.3 Å². The molecular formula is C7H12Cl2N2O2. The molecule has 0 unspecified atom stereocenters. The maximum atomic E-state index is 5.51. The smallest absolute Gasteiger partial charge is 0.216 e. The Kier molecular flexibility index (Phi) is 7.46. The van der Waals surface area contributed by atoms with Crippen LogP contribution in [0.4, 0.5) is 5.69 Å². The topological polar surface area (TPSA) is 57.4 Å². The van der Waals surface area contributed by atoms with Crippen molar-refractivity contribution in [2.45, 2.75) is 0 Å². The first-order chi connectivity index (χ1) is 5.27. The molecule has 0 atom stereocenters. The summed E-state index contributed by atoms with van der Waals surface area (Å²) >= 11 is 0. The quantitative estimate of drug-likeness (QED) is 0.832. The van der Waals surface area contributed by atoms with Gasteiger partial charge in [-0.1, -0.05) is 0 Å². The number of methoxy groups -OCH3 is 2. The van der Waals surface area contributed by atoms with Gasteiger partial charge in [0.15, 0.2) is 0 Å². The molecule has 0 fully saturated rings. The van der Waals surface area contributed by atoms with Gasteiger partial charge in [0.1, 0.15) is 5.75 Å². The molecule has 76 valence electrons. The van der Waals surface area contributed by atoms with Crippen LogP contribution in [-0.2, 0) is 0 Å². The summed E-state index contributed by atoms with van der Waals surface area (Å²) in [5.74, 6) is 1.08. The van der Waals surface area contributed by atoms with Gasteiger partial charge in [-0.2, -0.15) is 0 Å². The first kappa shape index (κ1) is 14.6. The number of nitrogens with zero attached hydrogens (tertiary/aromatic N) is 1. The van der Waals surface area contributed by atoms with E-state index in [1.54, 1.807) is 13.2 Å². The Morgan fingerprint density at radius 3 is 2.31 bits per heavy atom. The van der Waals surface area contributed by atoms with Crippen molar-refractivity contribution in [3.05, 3.63) is 12.3 Å². The fourth-order valence-corrected chi connectivity index (χ4v) is 0.718. The van der Waals surface area contributed by atoms with Crippen molar-refractivity contribution < 1.29 is 9.47 Å². The highest BCUT2D eigenvalue weighted by Gasteiger charge is 2.00. The summed E-state index contributed by atoms with van der Waals surface area (Å²) in [5.41, 5.74) is 6.02. The number of anilines is 1. The summed E-state index contributed by atoms with van der Waals surface area (Å²) in [7, 11) is 3.09. The van der Waals surface area contributed by atoms with Gasteiger partial charge in [0.2, 0.25) is 5.88 Å². The van der Waals surface area contributed by atoms with Crippen LogP contribution in [0.2, 0.25) is 0 Å². The van der Waals surface area contributed by atoms with Crippen molar-refractivity contribution in [3.8, 4) is 11.6 Å². The van der Waals surface area contributed by atoms with Crippen molar-refractivity contribution in [1.82, 2.24) is 4.98 Å². The van der Waals surface area contributed by atoms with Gasteiger partial charge in [-0.3, -0.25) is 0 Å². The number of hydrogen-bond acceptors (Lipinski definition) is 4. The standard InChI is InChI=1S/C7H10N2O2.2ClH/c1-10-6-3-7(11-2)9-4-5(6)8;;/h3-4H,8H2,1-2H3;2*1H. The molecule has 1 aromatic rings. The highest BCUT2D eigenvalue weighted by molar-refractivity contribution is 5.85. The molecular weight excluding hydrogens is 215 g/mol. The number of ether oxygens (including phenoxy) is 2. The molecule has 1 aromatic heterocycles. The molecule has 0 radical (unpaired) electrons.